The van der Waals surface area contributed by atoms with Crippen LogP contribution in [0.3, 0.4) is 0 Å². The second-order valence-corrected chi connectivity index (χ2v) is 4.56. The van der Waals surface area contributed by atoms with Crippen molar-refractivity contribution in [1.29, 1.82) is 0 Å². The summed E-state index contributed by atoms with van der Waals surface area (Å²) in [6.07, 6.45) is 0. The van der Waals surface area contributed by atoms with Gasteiger partial charge in [-0.15, -0.1) is 0 Å². The van der Waals surface area contributed by atoms with E-state index >= 15 is 0 Å². The van der Waals surface area contributed by atoms with Gasteiger partial charge >= 0.3 is 0 Å². The summed E-state index contributed by atoms with van der Waals surface area (Å²) in [5.74, 6) is -0.225. The van der Waals surface area contributed by atoms with Crippen molar-refractivity contribution < 1.29 is 4.39 Å². The lowest BCUT2D eigenvalue weighted by Crippen LogP contribution is -2.18. The molecule has 0 aliphatic rings. The molecule has 2 nitrogen and oxygen atoms in total. The first-order valence-electron chi connectivity index (χ1n) is 6.48. The first-order chi connectivity index (χ1) is 9.15. The summed E-state index contributed by atoms with van der Waals surface area (Å²) in [4.78, 5) is 2.07. The number of hydrogen-bond donors (Lipinski definition) is 1. The average molecular weight is 258 g/mol. The standard InChI is InChI=1S/C16H19FN2/c1-3-19(15-6-4-5-14(17)10-15)16-8-7-12(2)9-13(16)11-18/h4-10H,3,11,18H2,1-2H3. The summed E-state index contributed by atoms with van der Waals surface area (Å²) < 4.78 is 13.4. The van der Waals surface area contributed by atoms with Gasteiger partial charge in [0.15, 0.2) is 0 Å². The molecule has 2 rings (SSSR count). The topological polar surface area (TPSA) is 29.3 Å². The van der Waals surface area contributed by atoms with Crippen molar-refractivity contribution in [2.75, 3.05) is 11.4 Å². The van der Waals surface area contributed by atoms with E-state index in [-0.39, 0.29) is 5.82 Å². The maximum atomic E-state index is 13.4. The lowest BCUT2D eigenvalue weighted by atomic mass is 10.1. The van der Waals surface area contributed by atoms with Gasteiger partial charge in [-0.25, -0.2) is 4.39 Å². The molecule has 0 heterocycles. The van der Waals surface area contributed by atoms with Crippen molar-refractivity contribution >= 4 is 11.4 Å². The average Bonchev–Trinajstić information content (AvgIpc) is 2.41. The molecular formula is C16H19FN2. The summed E-state index contributed by atoms with van der Waals surface area (Å²) in [7, 11) is 0. The molecule has 0 amide bonds. The minimum absolute atomic E-state index is 0.225. The molecule has 100 valence electrons. The number of rotatable bonds is 4. The van der Waals surface area contributed by atoms with E-state index in [1.807, 2.05) is 26.0 Å². The Bertz CT molecular complexity index is 566. The normalized spacial score (nSPS) is 10.5. The highest BCUT2D eigenvalue weighted by atomic mass is 19.1. The predicted octanol–water partition coefficient (Wildman–Crippen LogP) is 3.75. The first-order valence-corrected chi connectivity index (χ1v) is 6.48. The van der Waals surface area contributed by atoms with Crippen molar-refractivity contribution in [1.82, 2.24) is 0 Å². The third-order valence-corrected chi connectivity index (χ3v) is 3.18. The summed E-state index contributed by atoms with van der Waals surface area (Å²) in [6.45, 7) is 5.33. The molecule has 0 spiro atoms. The Morgan fingerprint density at radius 3 is 2.58 bits per heavy atom. The van der Waals surface area contributed by atoms with Gasteiger partial charge < -0.3 is 10.6 Å². The van der Waals surface area contributed by atoms with Crippen molar-refractivity contribution in [3.05, 3.63) is 59.4 Å². The van der Waals surface area contributed by atoms with E-state index in [1.54, 1.807) is 12.1 Å². The van der Waals surface area contributed by atoms with Crippen LogP contribution in [-0.4, -0.2) is 6.54 Å². The number of halogens is 1. The third kappa shape index (κ3) is 2.93. The van der Waals surface area contributed by atoms with Crippen LogP contribution in [0.25, 0.3) is 0 Å². The molecule has 2 N–H and O–H groups in total. The molecule has 2 aromatic carbocycles. The van der Waals surface area contributed by atoms with Gasteiger partial charge in [0.05, 0.1) is 0 Å². The SMILES string of the molecule is CCN(c1cccc(F)c1)c1ccc(C)cc1CN. The minimum atomic E-state index is -0.225. The fourth-order valence-electron chi connectivity index (χ4n) is 2.28. The molecular weight excluding hydrogens is 239 g/mol. The van der Waals surface area contributed by atoms with Gasteiger partial charge in [-0.3, -0.25) is 0 Å². The Hall–Kier alpha value is -1.87. The smallest absolute Gasteiger partial charge is 0.125 e. The molecule has 0 radical (unpaired) electrons. The van der Waals surface area contributed by atoms with E-state index in [0.717, 1.165) is 23.5 Å². The molecule has 0 aliphatic heterocycles. The van der Waals surface area contributed by atoms with Gasteiger partial charge in [-0.05, 0) is 43.7 Å². The molecule has 3 heteroatoms. The van der Waals surface area contributed by atoms with Crippen LogP contribution in [0.4, 0.5) is 15.8 Å². The molecule has 0 saturated heterocycles. The van der Waals surface area contributed by atoms with Crippen molar-refractivity contribution in [2.45, 2.75) is 20.4 Å². The highest BCUT2D eigenvalue weighted by Gasteiger charge is 2.11. The van der Waals surface area contributed by atoms with E-state index in [4.69, 9.17) is 5.73 Å². The Morgan fingerprint density at radius 1 is 1.16 bits per heavy atom. The molecule has 0 aliphatic carbocycles. The van der Waals surface area contributed by atoms with Crippen LogP contribution < -0.4 is 10.6 Å². The van der Waals surface area contributed by atoms with Gasteiger partial charge in [-0.1, -0.05) is 23.8 Å². The molecule has 0 atom stereocenters. The van der Waals surface area contributed by atoms with Crippen molar-refractivity contribution in [3.8, 4) is 0 Å². The fraction of sp³-hybridized carbons (Fsp3) is 0.250. The molecule has 0 aromatic heterocycles. The van der Waals surface area contributed by atoms with Gasteiger partial charge in [0.1, 0.15) is 5.82 Å². The van der Waals surface area contributed by atoms with Crippen LogP contribution in [0.5, 0.6) is 0 Å². The number of anilines is 2. The zero-order valence-electron chi connectivity index (χ0n) is 11.4. The maximum absolute atomic E-state index is 13.4. The van der Waals surface area contributed by atoms with E-state index in [1.165, 1.54) is 11.6 Å². The van der Waals surface area contributed by atoms with Gasteiger partial charge in [0, 0.05) is 24.5 Å². The molecule has 0 saturated carbocycles. The second kappa shape index (κ2) is 5.85. The summed E-state index contributed by atoms with van der Waals surface area (Å²) in [5, 5.41) is 0. The van der Waals surface area contributed by atoms with Crippen molar-refractivity contribution in [2.24, 2.45) is 5.73 Å². The van der Waals surface area contributed by atoms with Gasteiger partial charge in [-0.2, -0.15) is 0 Å². The van der Waals surface area contributed by atoms with E-state index in [0.29, 0.717) is 6.54 Å². The van der Waals surface area contributed by atoms with Gasteiger partial charge in [0.2, 0.25) is 0 Å². The zero-order chi connectivity index (χ0) is 13.8. The second-order valence-electron chi connectivity index (χ2n) is 4.56. The lowest BCUT2D eigenvalue weighted by Gasteiger charge is -2.26. The monoisotopic (exact) mass is 258 g/mol. The molecule has 0 bridgehead atoms. The van der Waals surface area contributed by atoms with Crippen LogP contribution >= 0.6 is 0 Å². The first kappa shape index (κ1) is 13.6. The van der Waals surface area contributed by atoms with Crippen molar-refractivity contribution in [3.63, 3.8) is 0 Å². The lowest BCUT2D eigenvalue weighted by molar-refractivity contribution is 0.627. The summed E-state index contributed by atoms with van der Waals surface area (Å²) in [6, 6.07) is 12.8. The Balaban J connectivity index is 2.48. The highest BCUT2D eigenvalue weighted by molar-refractivity contribution is 5.66. The van der Waals surface area contributed by atoms with Gasteiger partial charge in [0.25, 0.3) is 0 Å². The van der Waals surface area contributed by atoms with Crippen LogP contribution in [-0.2, 0) is 6.54 Å². The maximum Gasteiger partial charge on any atom is 0.125 e. The number of benzene rings is 2. The van der Waals surface area contributed by atoms with Crippen LogP contribution in [0.2, 0.25) is 0 Å². The van der Waals surface area contributed by atoms with Crippen LogP contribution in [0, 0.1) is 12.7 Å². The Labute approximate surface area is 113 Å². The van der Waals surface area contributed by atoms with E-state index in [2.05, 4.69) is 17.0 Å². The summed E-state index contributed by atoms with van der Waals surface area (Å²) >= 11 is 0. The molecule has 0 fully saturated rings. The third-order valence-electron chi connectivity index (χ3n) is 3.18. The Morgan fingerprint density at radius 2 is 1.95 bits per heavy atom. The fourth-order valence-corrected chi connectivity index (χ4v) is 2.28. The minimum Gasteiger partial charge on any atom is -0.341 e. The quantitative estimate of drug-likeness (QED) is 0.905. The van der Waals surface area contributed by atoms with E-state index in [9.17, 15) is 4.39 Å². The predicted molar refractivity (Wildman–Crippen MR) is 78.2 cm³/mol. The molecule has 0 unspecified atom stereocenters. The largest absolute Gasteiger partial charge is 0.341 e. The van der Waals surface area contributed by atoms with Crippen LogP contribution in [0.15, 0.2) is 42.5 Å². The zero-order valence-corrected chi connectivity index (χ0v) is 11.4. The highest BCUT2D eigenvalue weighted by Crippen LogP contribution is 2.29. The van der Waals surface area contributed by atoms with Crippen LogP contribution in [0.1, 0.15) is 18.1 Å². The number of aryl methyl sites for hydroxylation is 1. The molecule has 19 heavy (non-hydrogen) atoms. The number of nitrogens with two attached hydrogens (primary N) is 1. The molecule has 2 aromatic rings. The summed E-state index contributed by atoms with van der Waals surface area (Å²) in [5.41, 5.74) is 9.97. The number of nitrogens with zero attached hydrogens (tertiary/aromatic N) is 1. The Kier molecular flexibility index (Phi) is 4.17. The van der Waals surface area contributed by atoms with E-state index < -0.39 is 0 Å². The number of hydrogen-bond acceptors (Lipinski definition) is 2.